The SMILES string of the molecule is CC[C@@H](C(=O)Nc1ccc(Nc2cc(-n3ccnc3)nc(C)n2)cc1)c1ccccc1. The number of nitrogens with zero attached hydrogens (tertiary/aromatic N) is 4. The highest BCUT2D eigenvalue weighted by Gasteiger charge is 2.18. The molecule has 2 heterocycles. The van der Waals surface area contributed by atoms with Crippen LogP contribution in [-0.4, -0.2) is 25.4 Å². The molecule has 0 fully saturated rings. The maximum atomic E-state index is 12.8. The third kappa shape index (κ3) is 4.95. The van der Waals surface area contributed by atoms with E-state index in [-0.39, 0.29) is 11.8 Å². The molecule has 0 spiro atoms. The highest BCUT2D eigenvalue weighted by molar-refractivity contribution is 5.96. The van der Waals surface area contributed by atoms with E-state index in [1.54, 1.807) is 12.5 Å². The molecule has 7 nitrogen and oxygen atoms in total. The first-order valence-corrected chi connectivity index (χ1v) is 10.2. The number of carbonyl (C=O) groups excluding carboxylic acids is 1. The Hall–Kier alpha value is -4.00. The largest absolute Gasteiger partial charge is 0.340 e. The second-order valence-electron chi connectivity index (χ2n) is 7.19. The zero-order valence-electron chi connectivity index (χ0n) is 17.5. The highest BCUT2D eigenvalue weighted by Crippen LogP contribution is 2.23. The Balaban J connectivity index is 1.45. The molecule has 0 saturated heterocycles. The molecule has 1 amide bonds. The Morgan fingerprint density at radius 1 is 1.03 bits per heavy atom. The molecule has 0 bridgehead atoms. The molecule has 4 aromatic rings. The van der Waals surface area contributed by atoms with E-state index in [0.717, 1.165) is 29.2 Å². The molecule has 156 valence electrons. The number of hydrogen-bond acceptors (Lipinski definition) is 5. The quantitative estimate of drug-likeness (QED) is 0.453. The Morgan fingerprint density at radius 3 is 2.45 bits per heavy atom. The maximum Gasteiger partial charge on any atom is 0.231 e. The topological polar surface area (TPSA) is 84.7 Å². The van der Waals surface area contributed by atoms with Gasteiger partial charge in [-0.3, -0.25) is 9.36 Å². The van der Waals surface area contributed by atoms with Crippen LogP contribution in [0.2, 0.25) is 0 Å². The number of rotatable bonds is 7. The van der Waals surface area contributed by atoms with Crippen molar-refractivity contribution < 1.29 is 4.79 Å². The zero-order chi connectivity index (χ0) is 21.6. The monoisotopic (exact) mass is 412 g/mol. The number of anilines is 3. The highest BCUT2D eigenvalue weighted by atomic mass is 16.1. The summed E-state index contributed by atoms with van der Waals surface area (Å²) in [5.74, 6) is 1.89. The van der Waals surface area contributed by atoms with Crippen molar-refractivity contribution >= 4 is 23.1 Å². The average molecular weight is 412 g/mol. The van der Waals surface area contributed by atoms with Gasteiger partial charge in [0.15, 0.2) is 0 Å². The molecular formula is C24H24N6O. The lowest BCUT2D eigenvalue weighted by atomic mass is 9.95. The van der Waals surface area contributed by atoms with Gasteiger partial charge in [0.05, 0.1) is 5.92 Å². The summed E-state index contributed by atoms with van der Waals surface area (Å²) in [5, 5.41) is 6.31. The third-order valence-corrected chi connectivity index (χ3v) is 4.94. The van der Waals surface area contributed by atoms with E-state index >= 15 is 0 Å². The standard InChI is InChI=1S/C24H24N6O/c1-3-21(18-7-5-4-6-8-18)24(31)29-20-11-9-19(10-12-20)28-22-15-23(27-17(2)26-22)30-14-13-25-16-30/h4-16,21H,3H2,1-2H3,(H,29,31)(H,26,27,28)/t21-/m1/s1. The summed E-state index contributed by atoms with van der Waals surface area (Å²) >= 11 is 0. The number of nitrogens with one attached hydrogen (secondary N) is 2. The Morgan fingerprint density at radius 2 is 1.77 bits per heavy atom. The molecule has 0 aliphatic carbocycles. The van der Waals surface area contributed by atoms with E-state index in [1.165, 1.54) is 0 Å². The second-order valence-corrected chi connectivity index (χ2v) is 7.19. The molecule has 1 atom stereocenters. The maximum absolute atomic E-state index is 12.8. The van der Waals surface area contributed by atoms with Gasteiger partial charge < -0.3 is 10.6 Å². The van der Waals surface area contributed by atoms with Crippen LogP contribution >= 0.6 is 0 Å². The van der Waals surface area contributed by atoms with E-state index in [2.05, 4.69) is 25.6 Å². The van der Waals surface area contributed by atoms with Crippen molar-refractivity contribution in [1.29, 1.82) is 0 Å². The normalized spacial score (nSPS) is 11.7. The summed E-state index contributed by atoms with van der Waals surface area (Å²) in [6.07, 6.45) is 5.98. The Labute approximate surface area is 181 Å². The van der Waals surface area contributed by atoms with Gasteiger partial charge in [0.25, 0.3) is 0 Å². The molecule has 0 aliphatic rings. The molecule has 0 radical (unpaired) electrons. The molecule has 0 aliphatic heterocycles. The van der Waals surface area contributed by atoms with Crippen LogP contribution in [0.25, 0.3) is 5.82 Å². The van der Waals surface area contributed by atoms with Gasteiger partial charge in [0, 0.05) is 29.8 Å². The first-order valence-electron chi connectivity index (χ1n) is 10.2. The predicted octanol–water partition coefficient (Wildman–Crippen LogP) is 4.85. The van der Waals surface area contributed by atoms with Crippen LogP contribution in [-0.2, 0) is 4.79 Å². The van der Waals surface area contributed by atoms with Crippen molar-refractivity contribution in [3.05, 3.63) is 90.8 Å². The third-order valence-electron chi connectivity index (χ3n) is 4.94. The molecule has 2 N–H and O–H groups in total. The number of amides is 1. The van der Waals surface area contributed by atoms with Crippen molar-refractivity contribution in [2.45, 2.75) is 26.2 Å². The van der Waals surface area contributed by atoms with Gasteiger partial charge in [0.1, 0.15) is 23.8 Å². The lowest BCUT2D eigenvalue weighted by Crippen LogP contribution is -2.20. The van der Waals surface area contributed by atoms with Crippen molar-refractivity contribution in [3.63, 3.8) is 0 Å². The fourth-order valence-corrected chi connectivity index (χ4v) is 3.41. The number of aromatic nitrogens is 4. The van der Waals surface area contributed by atoms with Gasteiger partial charge in [-0.2, -0.15) is 0 Å². The first-order chi connectivity index (χ1) is 15.1. The molecule has 2 aromatic carbocycles. The summed E-state index contributed by atoms with van der Waals surface area (Å²) in [4.78, 5) is 25.7. The first kappa shape index (κ1) is 20.3. The summed E-state index contributed by atoms with van der Waals surface area (Å²) in [5.41, 5.74) is 2.64. The fraction of sp³-hybridized carbons (Fsp3) is 0.167. The number of aryl methyl sites for hydroxylation is 1. The van der Waals surface area contributed by atoms with Gasteiger partial charge in [-0.1, -0.05) is 37.3 Å². The zero-order valence-corrected chi connectivity index (χ0v) is 17.5. The minimum atomic E-state index is -0.176. The summed E-state index contributed by atoms with van der Waals surface area (Å²) in [7, 11) is 0. The van der Waals surface area contributed by atoms with E-state index in [0.29, 0.717) is 11.6 Å². The Kier molecular flexibility index (Phi) is 6.03. The molecule has 4 rings (SSSR count). The Bertz CT molecular complexity index is 1140. The van der Waals surface area contributed by atoms with E-state index < -0.39 is 0 Å². The van der Waals surface area contributed by atoms with Crippen molar-refractivity contribution in [2.75, 3.05) is 10.6 Å². The molecule has 0 saturated carbocycles. The lowest BCUT2D eigenvalue weighted by molar-refractivity contribution is -0.117. The van der Waals surface area contributed by atoms with Crippen LogP contribution in [0.4, 0.5) is 17.2 Å². The van der Waals surface area contributed by atoms with Crippen molar-refractivity contribution in [1.82, 2.24) is 19.5 Å². The fourth-order valence-electron chi connectivity index (χ4n) is 3.41. The molecule has 2 aromatic heterocycles. The van der Waals surface area contributed by atoms with Crippen LogP contribution in [0.5, 0.6) is 0 Å². The van der Waals surface area contributed by atoms with Crippen LogP contribution in [0.1, 0.15) is 30.7 Å². The van der Waals surface area contributed by atoms with Crippen LogP contribution in [0.3, 0.4) is 0 Å². The number of benzene rings is 2. The summed E-state index contributed by atoms with van der Waals surface area (Å²) in [6.45, 7) is 3.87. The molecule has 31 heavy (non-hydrogen) atoms. The predicted molar refractivity (Wildman–Crippen MR) is 122 cm³/mol. The number of carbonyl (C=O) groups is 1. The summed E-state index contributed by atoms with van der Waals surface area (Å²) < 4.78 is 1.83. The van der Waals surface area contributed by atoms with Crippen molar-refractivity contribution in [3.8, 4) is 5.82 Å². The van der Waals surface area contributed by atoms with E-state index in [1.807, 2.05) is 85.3 Å². The number of imidazole rings is 1. The second kappa shape index (κ2) is 9.21. The van der Waals surface area contributed by atoms with Gasteiger partial charge in [-0.05, 0) is 43.2 Å². The summed E-state index contributed by atoms with van der Waals surface area (Å²) in [6, 6.07) is 19.3. The van der Waals surface area contributed by atoms with E-state index in [4.69, 9.17) is 0 Å². The van der Waals surface area contributed by atoms with Crippen LogP contribution < -0.4 is 10.6 Å². The van der Waals surface area contributed by atoms with Crippen LogP contribution in [0, 0.1) is 6.92 Å². The molecular weight excluding hydrogens is 388 g/mol. The smallest absolute Gasteiger partial charge is 0.231 e. The molecule has 0 unspecified atom stereocenters. The molecule has 7 heteroatoms. The minimum Gasteiger partial charge on any atom is -0.340 e. The van der Waals surface area contributed by atoms with Gasteiger partial charge in [0.2, 0.25) is 5.91 Å². The van der Waals surface area contributed by atoms with E-state index in [9.17, 15) is 4.79 Å². The van der Waals surface area contributed by atoms with Gasteiger partial charge in [-0.25, -0.2) is 15.0 Å². The lowest BCUT2D eigenvalue weighted by Gasteiger charge is -2.16. The van der Waals surface area contributed by atoms with Crippen molar-refractivity contribution in [2.24, 2.45) is 0 Å². The van der Waals surface area contributed by atoms with Gasteiger partial charge in [-0.15, -0.1) is 0 Å². The average Bonchev–Trinajstić information content (AvgIpc) is 3.31. The number of hydrogen-bond donors (Lipinski definition) is 2. The minimum absolute atomic E-state index is 0.00851. The van der Waals surface area contributed by atoms with Gasteiger partial charge >= 0.3 is 0 Å². The van der Waals surface area contributed by atoms with Crippen LogP contribution in [0.15, 0.2) is 79.4 Å².